The summed E-state index contributed by atoms with van der Waals surface area (Å²) >= 11 is 0. The minimum Gasteiger partial charge on any atom is -0.508 e. The van der Waals surface area contributed by atoms with Crippen LogP contribution in [0.1, 0.15) is 33.3 Å². The van der Waals surface area contributed by atoms with Crippen LogP contribution in [0.3, 0.4) is 0 Å². The molecule has 2 aromatic carbocycles. The number of hydrogen-bond donors (Lipinski definition) is 2. The number of rotatable bonds is 4. The maximum atomic E-state index is 10.2. The summed E-state index contributed by atoms with van der Waals surface area (Å²) in [6.45, 7) is 7.94. The molecule has 0 saturated carbocycles. The van der Waals surface area contributed by atoms with Gasteiger partial charge in [0.05, 0.1) is 23.1 Å². The first-order valence-corrected chi connectivity index (χ1v) is 8.31. The van der Waals surface area contributed by atoms with Crippen LogP contribution >= 0.6 is 0 Å². The van der Waals surface area contributed by atoms with E-state index in [1.807, 2.05) is 64.1 Å². The molecule has 1 aliphatic rings. The van der Waals surface area contributed by atoms with Crippen molar-refractivity contribution in [3.8, 4) is 5.75 Å². The van der Waals surface area contributed by atoms with Crippen molar-refractivity contribution in [2.75, 3.05) is 5.43 Å². The van der Waals surface area contributed by atoms with Gasteiger partial charge in [0.2, 0.25) is 0 Å². The maximum Gasteiger partial charge on any atom is 0.498 e. The molecule has 6 heteroatoms. The minimum atomic E-state index is -0.611. The van der Waals surface area contributed by atoms with Gasteiger partial charge in [-0.05, 0) is 63.6 Å². The molecule has 0 amide bonds. The lowest BCUT2D eigenvalue weighted by Crippen LogP contribution is -2.41. The summed E-state index contributed by atoms with van der Waals surface area (Å²) in [5, 5.41) is 14.4. The molecule has 2 N–H and O–H groups in total. The van der Waals surface area contributed by atoms with Crippen LogP contribution in [0.5, 0.6) is 5.75 Å². The lowest BCUT2D eigenvalue weighted by Gasteiger charge is -2.32. The van der Waals surface area contributed by atoms with E-state index in [1.54, 1.807) is 18.3 Å². The van der Waals surface area contributed by atoms with Crippen LogP contribution in [0.2, 0.25) is 0 Å². The van der Waals surface area contributed by atoms with E-state index in [0.717, 1.165) is 11.3 Å². The number of anilines is 1. The molecule has 5 nitrogen and oxygen atoms in total. The number of aromatic hydroxyl groups is 1. The van der Waals surface area contributed by atoms with E-state index in [2.05, 4.69) is 10.5 Å². The lowest BCUT2D eigenvalue weighted by atomic mass is 9.77. The Balaban J connectivity index is 1.77. The lowest BCUT2D eigenvalue weighted by molar-refractivity contribution is 0.00578. The summed E-state index contributed by atoms with van der Waals surface area (Å²) in [4.78, 5) is 0. The predicted octanol–water partition coefficient (Wildman–Crippen LogP) is 3.14. The van der Waals surface area contributed by atoms with E-state index in [0.29, 0.717) is 5.46 Å². The van der Waals surface area contributed by atoms with Crippen LogP contribution in [0.25, 0.3) is 0 Å². The van der Waals surface area contributed by atoms with Crippen LogP contribution in [-0.4, -0.2) is 29.6 Å². The van der Waals surface area contributed by atoms with Crippen molar-refractivity contribution in [1.82, 2.24) is 0 Å². The van der Waals surface area contributed by atoms with Gasteiger partial charge in [0.15, 0.2) is 0 Å². The van der Waals surface area contributed by atoms with Crippen LogP contribution < -0.4 is 10.9 Å². The Hall–Kier alpha value is -2.31. The van der Waals surface area contributed by atoms with Gasteiger partial charge in [-0.25, -0.2) is 0 Å². The first-order chi connectivity index (χ1) is 11.8. The third kappa shape index (κ3) is 3.70. The fourth-order valence-corrected chi connectivity index (χ4v) is 2.51. The summed E-state index contributed by atoms with van der Waals surface area (Å²) < 4.78 is 12.0. The van der Waals surface area contributed by atoms with Crippen molar-refractivity contribution in [3.05, 3.63) is 54.1 Å². The zero-order valence-corrected chi connectivity index (χ0v) is 15.0. The summed E-state index contributed by atoms with van der Waals surface area (Å²) in [6, 6.07) is 14.9. The number of hydrazone groups is 1. The Labute approximate surface area is 148 Å². The predicted molar refractivity (Wildman–Crippen MR) is 101 cm³/mol. The van der Waals surface area contributed by atoms with Crippen molar-refractivity contribution in [2.24, 2.45) is 5.10 Å². The largest absolute Gasteiger partial charge is 0.508 e. The average Bonchev–Trinajstić information content (AvgIpc) is 2.78. The van der Waals surface area contributed by atoms with Crippen molar-refractivity contribution in [1.29, 1.82) is 0 Å². The van der Waals surface area contributed by atoms with Crippen LogP contribution in [0.15, 0.2) is 53.6 Å². The highest BCUT2D eigenvalue weighted by Gasteiger charge is 2.52. The highest BCUT2D eigenvalue weighted by Crippen LogP contribution is 2.37. The Kier molecular flexibility index (Phi) is 4.58. The molecular formula is C19H23BN2O3. The number of para-hydroxylation sites is 1. The van der Waals surface area contributed by atoms with Crippen LogP contribution in [0, 0.1) is 0 Å². The standard InChI is InChI=1S/C19H23BN2O3/c1-18(2)19(3,4)25-20(24-18)16-12-14(10-11-17(16)23)13-21-22-15-8-6-5-7-9-15/h5-13,22-23H,1-4H3. The van der Waals surface area contributed by atoms with Gasteiger partial charge in [-0.3, -0.25) is 5.43 Å². The Morgan fingerprint density at radius 3 is 2.28 bits per heavy atom. The number of phenols is 1. The van der Waals surface area contributed by atoms with E-state index in [1.165, 1.54) is 0 Å². The topological polar surface area (TPSA) is 63.1 Å². The summed E-state index contributed by atoms with van der Waals surface area (Å²) in [5.74, 6) is 0.145. The van der Waals surface area contributed by atoms with Gasteiger partial charge in [0.1, 0.15) is 5.75 Å². The molecule has 1 heterocycles. The molecule has 130 valence electrons. The number of hydrogen-bond acceptors (Lipinski definition) is 5. The first kappa shape index (κ1) is 17.5. The normalized spacial score (nSPS) is 18.6. The first-order valence-electron chi connectivity index (χ1n) is 8.31. The van der Waals surface area contributed by atoms with Crippen LogP contribution in [-0.2, 0) is 9.31 Å². The van der Waals surface area contributed by atoms with E-state index in [4.69, 9.17) is 9.31 Å². The molecule has 25 heavy (non-hydrogen) atoms. The van der Waals surface area contributed by atoms with Gasteiger partial charge < -0.3 is 14.4 Å². The monoisotopic (exact) mass is 338 g/mol. The van der Waals surface area contributed by atoms with Gasteiger partial charge >= 0.3 is 7.12 Å². The molecule has 0 atom stereocenters. The number of nitrogens with zero attached hydrogens (tertiary/aromatic N) is 1. The highest BCUT2D eigenvalue weighted by molar-refractivity contribution is 6.63. The maximum absolute atomic E-state index is 10.2. The van der Waals surface area contributed by atoms with Gasteiger partial charge in [0.25, 0.3) is 0 Å². The van der Waals surface area contributed by atoms with Gasteiger partial charge in [-0.1, -0.05) is 18.2 Å². The molecule has 0 unspecified atom stereocenters. The van der Waals surface area contributed by atoms with Gasteiger partial charge in [-0.2, -0.15) is 5.10 Å². The molecule has 0 aliphatic carbocycles. The van der Waals surface area contributed by atoms with E-state index in [-0.39, 0.29) is 5.75 Å². The van der Waals surface area contributed by atoms with Crippen molar-refractivity contribution < 1.29 is 14.4 Å². The molecular weight excluding hydrogens is 315 g/mol. The van der Waals surface area contributed by atoms with Crippen molar-refractivity contribution in [3.63, 3.8) is 0 Å². The quantitative estimate of drug-likeness (QED) is 0.511. The molecule has 1 saturated heterocycles. The van der Waals surface area contributed by atoms with Crippen molar-refractivity contribution in [2.45, 2.75) is 38.9 Å². The Bertz CT molecular complexity index is 759. The molecule has 1 aliphatic heterocycles. The zero-order valence-electron chi connectivity index (χ0n) is 15.0. The number of phenolic OH excluding ortho intramolecular Hbond substituents is 1. The molecule has 0 bridgehead atoms. The van der Waals surface area contributed by atoms with E-state index < -0.39 is 18.3 Å². The summed E-state index contributed by atoms with van der Waals surface area (Å²) in [7, 11) is -0.611. The molecule has 0 spiro atoms. The fourth-order valence-electron chi connectivity index (χ4n) is 2.51. The smallest absolute Gasteiger partial charge is 0.498 e. The second-order valence-corrected chi connectivity index (χ2v) is 7.14. The molecule has 1 fully saturated rings. The second kappa shape index (κ2) is 6.54. The van der Waals surface area contributed by atoms with E-state index in [9.17, 15) is 5.11 Å². The Morgan fingerprint density at radius 2 is 1.64 bits per heavy atom. The number of nitrogens with one attached hydrogen (secondary N) is 1. The molecule has 0 radical (unpaired) electrons. The van der Waals surface area contributed by atoms with Crippen LogP contribution in [0.4, 0.5) is 5.69 Å². The highest BCUT2D eigenvalue weighted by atomic mass is 16.7. The molecule has 3 rings (SSSR count). The summed E-state index contributed by atoms with van der Waals surface area (Å²) in [5.41, 5.74) is 4.40. The van der Waals surface area contributed by atoms with Gasteiger partial charge in [-0.15, -0.1) is 0 Å². The number of benzene rings is 2. The van der Waals surface area contributed by atoms with Crippen molar-refractivity contribution >= 4 is 24.5 Å². The summed E-state index contributed by atoms with van der Waals surface area (Å²) in [6.07, 6.45) is 1.70. The zero-order chi connectivity index (χ0) is 18.1. The average molecular weight is 338 g/mol. The fraction of sp³-hybridized carbons (Fsp3) is 0.316. The Morgan fingerprint density at radius 1 is 1.00 bits per heavy atom. The molecule has 0 aromatic heterocycles. The minimum absolute atomic E-state index is 0.145. The second-order valence-electron chi connectivity index (χ2n) is 7.14. The molecule has 2 aromatic rings. The third-order valence-corrected chi connectivity index (χ3v) is 4.74. The van der Waals surface area contributed by atoms with Gasteiger partial charge in [0, 0.05) is 5.46 Å². The SMILES string of the molecule is CC1(C)OB(c2cc(C=NNc3ccccc3)ccc2O)OC1(C)C. The van der Waals surface area contributed by atoms with E-state index >= 15 is 0 Å². The third-order valence-electron chi connectivity index (χ3n) is 4.74.